The molecule has 0 spiro atoms. The zero-order valence-corrected chi connectivity index (χ0v) is 16.8. The second kappa shape index (κ2) is 6.61. The van der Waals surface area contributed by atoms with Crippen LogP contribution < -0.4 is 11.1 Å². The summed E-state index contributed by atoms with van der Waals surface area (Å²) in [6.45, 7) is 6.72. The Morgan fingerprint density at radius 1 is 1.36 bits per heavy atom. The maximum Gasteiger partial charge on any atom is 0.292 e. The highest BCUT2D eigenvalue weighted by Gasteiger charge is 2.33. The summed E-state index contributed by atoms with van der Waals surface area (Å²) < 4.78 is 5.75. The van der Waals surface area contributed by atoms with Crippen LogP contribution in [-0.4, -0.2) is 11.8 Å². The Morgan fingerprint density at radius 3 is 2.64 bits per heavy atom. The number of carbonyl (C=O) groups is 2. The molecule has 1 aliphatic carbocycles. The Hall–Kier alpha value is -1.60. The van der Waals surface area contributed by atoms with Gasteiger partial charge in [0.05, 0.1) is 5.56 Å². The molecule has 0 saturated carbocycles. The predicted octanol–water partition coefficient (Wildman–Crippen LogP) is 4.61. The molecule has 3 N–H and O–H groups in total. The fourth-order valence-electron chi connectivity index (χ4n) is 3.27. The van der Waals surface area contributed by atoms with Gasteiger partial charge in [-0.05, 0) is 64.2 Å². The molecule has 2 heterocycles. The van der Waals surface area contributed by atoms with Crippen molar-refractivity contribution in [2.24, 2.45) is 17.1 Å². The second-order valence-corrected chi connectivity index (χ2v) is 9.32. The molecule has 2 amide bonds. The highest BCUT2D eigenvalue weighted by atomic mass is 79.9. The van der Waals surface area contributed by atoms with Gasteiger partial charge in [0.25, 0.3) is 11.8 Å². The Bertz CT molecular complexity index is 832. The number of hydrogen-bond acceptors (Lipinski definition) is 4. The van der Waals surface area contributed by atoms with E-state index in [4.69, 9.17) is 10.2 Å². The molecular formula is C18H21BrN2O3S. The Kier molecular flexibility index (Phi) is 4.81. The van der Waals surface area contributed by atoms with Crippen molar-refractivity contribution in [2.75, 3.05) is 5.32 Å². The Morgan fingerprint density at radius 2 is 2.08 bits per heavy atom. The molecule has 1 atom stereocenters. The van der Waals surface area contributed by atoms with Crippen LogP contribution in [0.5, 0.6) is 0 Å². The van der Waals surface area contributed by atoms with Crippen LogP contribution in [0.15, 0.2) is 21.2 Å². The van der Waals surface area contributed by atoms with Crippen molar-refractivity contribution < 1.29 is 14.0 Å². The van der Waals surface area contributed by atoms with Crippen LogP contribution >= 0.6 is 27.3 Å². The van der Waals surface area contributed by atoms with Crippen LogP contribution in [0.3, 0.4) is 0 Å². The summed E-state index contributed by atoms with van der Waals surface area (Å²) in [5.74, 6) is -0.160. The van der Waals surface area contributed by atoms with Gasteiger partial charge in [-0.1, -0.05) is 20.8 Å². The lowest BCUT2D eigenvalue weighted by atomic mass is 9.72. The van der Waals surface area contributed by atoms with E-state index in [1.165, 1.54) is 11.3 Å². The predicted molar refractivity (Wildman–Crippen MR) is 102 cm³/mol. The third kappa shape index (κ3) is 3.67. The minimum atomic E-state index is -0.498. The summed E-state index contributed by atoms with van der Waals surface area (Å²) in [7, 11) is 0. The van der Waals surface area contributed by atoms with Crippen LogP contribution in [0.2, 0.25) is 0 Å². The Balaban J connectivity index is 1.91. The first kappa shape index (κ1) is 18.2. The van der Waals surface area contributed by atoms with E-state index in [0.29, 0.717) is 21.2 Å². The van der Waals surface area contributed by atoms with E-state index in [1.54, 1.807) is 12.1 Å². The number of furan rings is 1. The molecule has 0 fully saturated rings. The molecule has 3 rings (SSSR count). The average molecular weight is 425 g/mol. The molecular weight excluding hydrogens is 404 g/mol. The molecule has 134 valence electrons. The summed E-state index contributed by atoms with van der Waals surface area (Å²) in [5.41, 5.74) is 7.26. The van der Waals surface area contributed by atoms with Gasteiger partial charge < -0.3 is 15.5 Å². The van der Waals surface area contributed by atoms with Crippen molar-refractivity contribution in [3.8, 4) is 0 Å². The zero-order chi connectivity index (χ0) is 18.4. The molecule has 0 unspecified atom stereocenters. The zero-order valence-electron chi connectivity index (χ0n) is 14.4. The molecule has 25 heavy (non-hydrogen) atoms. The quantitative estimate of drug-likeness (QED) is 0.754. The summed E-state index contributed by atoms with van der Waals surface area (Å²) >= 11 is 4.63. The number of thiophene rings is 1. The summed E-state index contributed by atoms with van der Waals surface area (Å²) in [6.07, 6.45) is 2.74. The van der Waals surface area contributed by atoms with Crippen LogP contribution in [-0.2, 0) is 12.8 Å². The van der Waals surface area contributed by atoms with Crippen molar-refractivity contribution in [1.29, 1.82) is 0 Å². The van der Waals surface area contributed by atoms with Gasteiger partial charge in [0.2, 0.25) is 0 Å². The van der Waals surface area contributed by atoms with Crippen LogP contribution in [0, 0.1) is 11.3 Å². The topological polar surface area (TPSA) is 85.3 Å². The van der Waals surface area contributed by atoms with Crippen molar-refractivity contribution >= 4 is 44.1 Å². The average Bonchev–Trinajstić information content (AvgIpc) is 3.08. The summed E-state index contributed by atoms with van der Waals surface area (Å²) in [6, 6.07) is 3.23. The van der Waals surface area contributed by atoms with E-state index in [0.717, 1.165) is 29.7 Å². The molecule has 0 radical (unpaired) electrons. The summed E-state index contributed by atoms with van der Waals surface area (Å²) in [4.78, 5) is 25.5. The maximum atomic E-state index is 12.4. The highest BCUT2D eigenvalue weighted by Crippen LogP contribution is 2.44. The first-order valence-corrected chi connectivity index (χ1v) is 9.78. The number of amides is 2. The summed E-state index contributed by atoms with van der Waals surface area (Å²) in [5, 5.41) is 3.31. The molecule has 2 aromatic heterocycles. The third-order valence-electron chi connectivity index (χ3n) is 4.76. The van der Waals surface area contributed by atoms with E-state index in [2.05, 4.69) is 42.0 Å². The smallest absolute Gasteiger partial charge is 0.292 e. The fraction of sp³-hybridized carbons (Fsp3) is 0.444. The van der Waals surface area contributed by atoms with Gasteiger partial charge in [-0.2, -0.15) is 0 Å². The van der Waals surface area contributed by atoms with Gasteiger partial charge in [0.1, 0.15) is 5.00 Å². The SMILES string of the molecule is CC(C)(C)[C@H]1CCc2c(sc(NC(=O)c3ccc(Br)o3)c2C(N)=O)C1. The van der Waals surface area contributed by atoms with Crippen molar-refractivity contribution in [3.05, 3.63) is 38.6 Å². The van der Waals surface area contributed by atoms with Gasteiger partial charge in [0, 0.05) is 4.88 Å². The molecule has 2 aromatic rings. The number of rotatable bonds is 3. The number of nitrogens with one attached hydrogen (secondary N) is 1. The lowest BCUT2D eigenvalue weighted by Crippen LogP contribution is -2.27. The number of hydrogen-bond donors (Lipinski definition) is 2. The van der Waals surface area contributed by atoms with Gasteiger partial charge in [-0.15, -0.1) is 11.3 Å². The monoisotopic (exact) mass is 424 g/mol. The first-order chi connectivity index (χ1) is 11.7. The molecule has 7 heteroatoms. The van der Waals surface area contributed by atoms with Gasteiger partial charge >= 0.3 is 0 Å². The maximum absolute atomic E-state index is 12.4. The van der Waals surface area contributed by atoms with E-state index in [-0.39, 0.29) is 17.1 Å². The first-order valence-electron chi connectivity index (χ1n) is 8.18. The molecule has 0 aromatic carbocycles. The third-order valence-corrected chi connectivity index (χ3v) is 6.36. The molecule has 0 bridgehead atoms. The highest BCUT2D eigenvalue weighted by molar-refractivity contribution is 9.10. The number of primary amides is 1. The van der Waals surface area contributed by atoms with Gasteiger partial charge in [-0.3, -0.25) is 9.59 Å². The molecule has 5 nitrogen and oxygen atoms in total. The second-order valence-electron chi connectivity index (χ2n) is 7.44. The molecule has 0 saturated heterocycles. The van der Waals surface area contributed by atoms with Crippen molar-refractivity contribution in [1.82, 2.24) is 0 Å². The minimum Gasteiger partial charge on any atom is -0.444 e. The van der Waals surface area contributed by atoms with Gasteiger partial charge in [-0.25, -0.2) is 0 Å². The lowest BCUT2D eigenvalue weighted by Gasteiger charge is -2.33. The largest absolute Gasteiger partial charge is 0.444 e. The van der Waals surface area contributed by atoms with E-state index in [1.807, 2.05) is 0 Å². The van der Waals surface area contributed by atoms with Crippen LogP contribution in [0.1, 0.15) is 58.5 Å². The normalized spacial score (nSPS) is 17.2. The standard InChI is InChI=1S/C18H21BrN2O3S/c1-18(2,3)9-4-5-10-12(8-9)25-17(14(10)15(20)22)21-16(23)11-6-7-13(19)24-11/h6-7,9H,4-5,8H2,1-3H3,(H2,20,22)(H,21,23)/t9-/m0/s1. The van der Waals surface area contributed by atoms with Crippen molar-refractivity contribution in [2.45, 2.75) is 40.0 Å². The van der Waals surface area contributed by atoms with E-state index >= 15 is 0 Å². The van der Waals surface area contributed by atoms with Crippen LogP contribution in [0.25, 0.3) is 0 Å². The number of nitrogens with two attached hydrogens (primary N) is 1. The van der Waals surface area contributed by atoms with E-state index in [9.17, 15) is 9.59 Å². The molecule has 1 aliphatic rings. The van der Waals surface area contributed by atoms with Crippen LogP contribution in [0.4, 0.5) is 5.00 Å². The number of anilines is 1. The fourth-order valence-corrected chi connectivity index (χ4v) is 4.91. The number of halogens is 1. The number of fused-ring (bicyclic) bond motifs is 1. The van der Waals surface area contributed by atoms with E-state index < -0.39 is 5.91 Å². The van der Waals surface area contributed by atoms with Crippen molar-refractivity contribution in [3.63, 3.8) is 0 Å². The molecule has 0 aliphatic heterocycles. The Labute approximate surface area is 159 Å². The lowest BCUT2D eigenvalue weighted by molar-refractivity contribution is 0.0996. The van der Waals surface area contributed by atoms with Gasteiger partial charge in [0.15, 0.2) is 10.4 Å². The number of carbonyl (C=O) groups excluding carboxylic acids is 2. The minimum absolute atomic E-state index is 0.182.